The second-order valence-electron chi connectivity index (χ2n) is 3.58. The average molecular weight is 203 g/mol. The van der Waals surface area contributed by atoms with E-state index in [0.717, 1.165) is 17.0 Å². The van der Waals surface area contributed by atoms with Crippen LogP contribution in [0, 0.1) is 20.8 Å². The second-order valence-corrected chi connectivity index (χ2v) is 3.58. The minimum atomic E-state index is 0.158. The molecular formula is C11H13N3O. The lowest BCUT2D eigenvalue weighted by Gasteiger charge is -2.02. The Kier molecular flexibility index (Phi) is 2.19. The maximum absolute atomic E-state index is 9.82. The van der Waals surface area contributed by atoms with Gasteiger partial charge in [0.25, 0.3) is 0 Å². The fourth-order valence-corrected chi connectivity index (χ4v) is 1.40. The lowest BCUT2D eigenvalue weighted by molar-refractivity contribution is 0.428. The molecule has 0 unspecified atom stereocenters. The summed E-state index contributed by atoms with van der Waals surface area (Å²) in [6.07, 6.45) is 0. The third-order valence-corrected chi connectivity index (χ3v) is 2.42. The highest BCUT2D eigenvalue weighted by Gasteiger charge is 2.12. The number of aromatic hydroxyl groups is 1. The molecule has 0 bridgehead atoms. The van der Waals surface area contributed by atoms with Gasteiger partial charge in [0.2, 0.25) is 5.88 Å². The Bertz CT molecular complexity index is 503. The van der Waals surface area contributed by atoms with Gasteiger partial charge in [-0.3, -0.25) is 0 Å². The van der Waals surface area contributed by atoms with E-state index >= 15 is 0 Å². The van der Waals surface area contributed by atoms with Crippen LogP contribution in [0.15, 0.2) is 18.2 Å². The van der Waals surface area contributed by atoms with Crippen molar-refractivity contribution in [3.8, 4) is 11.7 Å². The molecule has 15 heavy (non-hydrogen) atoms. The van der Waals surface area contributed by atoms with Gasteiger partial charge in [-0.2, -0.15) is 9.78 Å². The Morgan fingerprint density at radius 1 is 1.20 bits per heavy atom. The molecular weight excluding hydrogens is 190 g/mol. The summed E-state index contributed by atoms with van der Waals surface area (Å²) in [6, 6.07) is 5.62. The van der Waals surface area contributed by atoms with Gasteiger partial charge in [0, 0.05) is 11.3 Å². The summed E-state index contributed by atoms with van der Waals surface area (Å²) in [7, 11) is 0. The zero-order chi connectivity index (χ0) is 11.0. The molecule has 0 aliphatic rings. The maximum Gasteiger partial charge on any atom is 0.218 e. The number of aromatic nitrogens is 3. The molecule has 2 heterocycles. The largest absolute Gasteiger partial charge is 0.493 e. The number of pyridine rings is 1. The van der Waals surface area contributed by atoms with Crippen LogP contribution in [0.4, 0.5) is 0 Å². The molecule has 0 spiro atoms. The summed E-state index contributed by atoms with van der Waals surface area (Å²) in [5.41, 5.74) is 2.51. The molecule has 0 aromatic carbocycles. The van der Waals surface area contributed by atoms with Gasteiger partial charge in [-0.15, -0.1) is 0 Å². The quantitative estimate of drug-likeness (QED) is 0.770. The van der Waals surface area contributed by atoms with Gasteiger partial charge in [0.05, 0.1) is 5.69 Å². The van der Waals surface area contributed by atoms with E-state index in [1.807, 2.05) is 39.0 Å². The van der Waals surface area contributed by atoms with Crippen molar-refractivity contribution in [1.29, 1.82) is 0 Å². The molecule has 0 amide bonds. The first-order valence-electron chi connectivity index (χ1n) is 4.79. The number of aryl methyl sites for hydroxylation is 2. The molecule has 2 aromatic heterocycles. The maximum atomic E-state index is 9.82. The molecule has 0 fully saturated rings. The Balaban J connectivity index is 2.59. The molecule has 2 rings (SSSR count). The van der Waals surface area contributed by atoms with Crippen LogP contribution in [0.3, 0.4) is 0 Å². The monoisotopic (exact) mass is 203 g/mol. The van der Waals surface area contributed by atoms with Crippen LogP contribution in [0.2, 0.25) is 0 Å². The van der Waals surface area contributed by atoms with E-state index in [4.69, 9.17) is 0 Å². The molecule has 0 saturated carbocycles. The van der Waals surface area contributed by atoms with Crippen molar-refractivity contribution in [1.82, 2.24) is 14.8 Å². The van der Waals surface area contributed by atoms with Crippen molar-refractivity contribution in [2.75, 3.05) is 0 Å². The summed E-state index contributed by atoms with van der Waals surface area (Å²) in [5, 5.41) is 14.0. The van der Waals surface area contributed by atoms with Crippen LogP contribution in [0.25, 0.3) is 5.82 Å². The summed E-state index contributed by atoms with van der Waals surface area (Å²) < 4.78 is 1.46. The summed E-state index contributed by atoms with van der Waals surface area (Å²) in [4.78, 5) is 4.30. The molecule has 4 nitrogen and oxygen atoms in total. The van der Waals surface area contributed by atoms with E-state index in [1.54, 1.807) is 0 Å². The van der Waals surface area contributed by atoms with Crippen molar-refractivity contribution in [3.63, 3.8) is 0 Å². The van der Waals surface area contributed by atoms with Crippen LogP contribution in [-0.2, 0) is 0 Å². The highest BCUT2D eigenvalue weighted by atomic mass is 16.3. The molecule has 0 saturated heterocycles. The van der Waals surface area contributed by atoms with Gasteiger partial charge in [-0.05, 0) is 32.9 Å². The van der Waals surface area contributed by atoms with Crippen LogP contribution in [0.5, 0.6) is 5.88 Å². The number of hydrogen-bond donors (Lipinski definition) is 1. The van der Waals surface area contributed by atoms with Gasteiger partial charge in [-0.1, -0.05) is 6.07 Å². The smallest absolute Gasteiger partial charge is 0.218 e. The number of hydrogen-bond acceptors (Lipinski definition) is 3. The minimum Gasteiger partial charge on any atom is -0.493 e. The highest BCUT2D eigenvalue weighted by Crippen LogP contribution is 2.22. The normalized spacial score (nSPS) is 10.6. The fraction of sp³-hybridized carbons (Fsp3) is 0.273. The molecule has 2 aromatic rings. The summed E-state index contributed by atoms with van der Waals surface area (Å²) in [6.45, 7) is 5.61. The average Bonchev–Trinajstić information content (AvgIpc) is 2.46. The number of nitrogens with zero attached hydrogens (tertiary/aromatic N) is 3. The van der Waals surface area contributed by atoms with Gasteiger partial charge < -0.3 is 5.11 Å². The molecule has 0 aliphatic carbocycles. The highest BCUT2D eigenvalue weighted by molar-refractivity contribution is 5.36. The van der Waals surface area contributed by atoms with Crippen LogP contribution < -0.4 is 0 Å². The standard InChI is InChI=1S/C11H13N3O/c1-7-5-4-6-10(12-7)14-11(15)8(2)9(3)13-14/h4-6,15H,1-3H3. The van der Waals surface area contributed by atoms with Crippen molar-refractivity contribution < 1.29 is 5.11 Å². The molecule has 0 atom stereocenters. The molecule has 78 valence electrons. The lowest BCUT2D eigenvalue weighted by atomic mass is 10.3. The number of rotatable bonds is 1. The van der Waals surface area contributed by atoms with Crippen LogP contribution in [-0.4, -0.2) is 19.9 Å². The van der Waals surface area contributed by atoms with Crippen molar-refractivity contribution >= 4 is 0 Å². The van der Waals surface area contributed by atoms with Crippen molar-refractivity contribution in [3.05, 3.63) is 35.2 Å². The van der Waals surface area contributed by atoms with Gasteiger partial charge in [0.1, 0.15) is 0 Å². The predicted octanol–water partition coefficient (Wildman–Crippen LogP) is 1.90. The zero-order valence-corrected chi connectivity index (χ0v) is 9.02. The van der Waals surface area contributed by atoms with E-state index in [0.29, 0.717) is 5.82 Å². The van der Waals surface area contributed by atoms with Gasteiger partial charge >= 0.3 is 0 Å². The molecule has 1 N–H and O–H groups in total. The lowest BCUT2D eigenvalue weighted by Crippen LogP contribution is -1.99. The fourth-order valence-electron chi connectivity index (χ4n) is 1.40. The Labute approximate surface area is 88.2 Å². The summed E-state index contributed by atoms with van der Waals surface area (Å²) >= 11 is 0. The first-order valence-corrected chi connectivity index (χ1v) is 4.79. The molecule has 0 radical (unpaired) electrons. The SMILES string of the molecule is Cc1cccc(-n2nc(C)c(C)c2O)n1. The van der Waals surface area contributed by atoms with E-state index in [2.05, 4.69) is 10.1 Å². The van der Waals surface area contributed by atoms with Crippen LogP contribution >= 0.6 is 0 Å². The Morgan fingerprint density at radius 3 is 2.47 bits per heavy atom. The van der Waals surface area contributed by atoms with E-state index in [1.165, 1.54) is 4.68 Å². The Morgan fingerprint density at radius 2 is 1.93 bits per heavy atom. The first kappa shape index (κ1) is 9.71. The minimum absolute atomic E-state index is 0.158. The second kappa shape index (κ2) is 3.38. The Hall–Kier alpha value is -1.84. The van der Waals surface area contributed by atoms with E-state index in [9.17, 15) is 5.11 Å². The van der Waals surface area contributed by atoms with Crippen molar-refractivity contribution in [2.24, 2.45) is 0 Å². The molecule has 0 aliphatic heterocycles. The van der Waals surface area contributed by atoms with E-state index < -0.39 is 0 Å². The first-order chi connectivity index (χ1) is 7.09. The summed E-state index contributed by atoms with van der Waals surface area (Å²) in [5.74, 6) is 0.800. The van der Waals surface area contributed by atoms with Crippen molar-refractivity contribution in [2.45, 2.75) is 20.8 Å². The molecule has 4 heteroatoms. The van der Waals surface area contributed by atoms with Gasteiger partial charge in [0.15, 0.2) is 5.82 Å². The topological polar surface area (TPSA) is 50.9 Å². The van der Waals surface area contributed by atoms with Crippen LogP contribution in [0.1, 0.15) is 17.0 Å². The third-order valence-electron chi connectivity index (χ3n) is 2.42. The van der Waals surface area contributed by atoms with E-state index in [-0.39, 0.29) is 5.88 Å². The zero-order valence-electron chi connectivity index (χ0n) is 9.02. The predicted molar refractivity (Wildman–Crippen MR) is 57.2 cm³/mol. The third kappa shape index (κ3) is 1.58. The van der Waals surface area contributed by atoms with Gasteiger partial charge in [-0.25, -0.2) is 4.98 Å².